The van der Waals surface area contributed by atoms with Crippen molar-refractivity contribution in [3.05, 3.63) is 42.2 Å². The average molecular weight is 345 g/mol. The number of benzene rings is 1. The second kappa shape index (κ2) is 8.12. The standard InChI is InChI=1S/C17H23N5OS/c1-21(2)12-14-11-19-22(13-14)23-10-6-5-9-18-17-15-7-3-4-8-16(15)24-20-17/h3-4,7-8,11,13H,5-6,9-10,12H2,1-2H3,(H,18,20). The first kappa shape index (κ1) is 16.7. The third-order valence-corrected chi connectivity index (χ3v) is 4.40. The summed E-state index contributed by atoms with van der Waals surface area (Å²) in [4.78, 5) is 9.28. The van der Waals surface area contributed by atoms with Crippen LogP contribution in [0.1, 0.15) is 18.4 Å². The Morgan fingerprint density at radius 3 is 3.00 bits per heavy atom. The Morgan fingerprint density at radius 2 is 2.12 bits per heavy atom. The summed E-state index contributed by atoms with van der Waals surface area (Å²) in [6.45, 7) is 2.42. The molecule has 0 spiro atoms. The maximum atomic E-state index is 5.62. The average Bonchev–Trinajstić information content (AvgIpc) is 3.17. The molecule has 128 valence electrons. The monoisotopic (exact) mass is 345 g/mol. The first-order valence-corrected chi connectivity index (χ1v) is 8.89. The molecular formula is C17H23N5OS. The molecule has 6 nitrogen and oxygen atoms in total. The van der Waals surface area contributed by atoms with Crippen molar-refractivity contribution >= 4 is 27.4 Å². The van der Waals surface area contributed by atoms with E-state index in [1.807, 2.05) is 38.6 Å². The molecule has 0 saturated heterocycles. The second-order valence-corrected chi connectivity index (χ2v) is 6.79. The van der Waals surface area contributed by atoms with Gasteiger partial charge in [-0.25, -0.2) is 0 Å². The summed E-state index contributed by atoms with van der Waals surface area (Å²) in [5, 5.41) is 8.81. The molecule has 2 heterocycles. The van der Waals surface area contributed by atoms with Crippen LogP contribution < -0.4 is 10.2 Å². The quantitative estimate of drug-likeness (QED) is 0.604. The predicted molar refractivity (Wildman–Crippen MR) is 98.4 cm³/mol. The Kier molecular flexibility index (Phi) is 5.66. The van der Waals surface area contributed by atoms with Gasteiger partial charge in [0.05, 0.1) is 17.1 Å². The predicted octanol–water partition coefficient (Wildman–Crippen LogP) is 2.88. The van der Waals surface area contributed by atoms with E-state index in [-0.39, 0.29) is 0 Å². The molecule has 0 fully saturated rings. The highest BCUT2D eigenvalue weighted by Crippen LogP contribution is 2.25. The number of unbranched alkanes of at least 4 members (excludes halogenated alkanes) is 1. The van der Waals surface area contributed by atoms with E-state index in [4.69, 9.17) is 4.84 Å². The highest BCUT2D eigenvalue weighted by molar-refractivity contribution is 7.13. The second-order valence-electron chi connectivity index (χ2n) is 5.98. The topological polar surface area (TPSA) is 55.2 Å². The maximum Gasteiger partial charge on any atom is 0.147 e. The number of aromatic nitrogens is 3. The van der Waals surface area contributed by atoms with Gasteiger partial charge in [0, 0.05) is 24.0 Å². The largest absolute Gasteiger partial charge is 0.397 e. The van der Waals surface area contributed by atoms with E-state index in [0.717, 1.165) is 37.3 Å². The van der Waals surface area contributed by atoms with Crippen molar-refractivity contribution in [3.8, 4) is 0 Å². The lowest BCUT2D eigenvalue weighted by molar-refractivity contribution is 0.0798. The van der Waals surface area contributed by atoms with E-state index in [1.165, 1.54) is 21.6 Å². The Labute approximate surface area is 146 Å². The Balaban J connectivity index is 1.35. The Hall–Kier alpha value is -2.12. The van der Waals surface area contributed by atoms with Gasteiger partial charge in [0.1, 0.15) is 12.4 Å². The van der Waals surface area contributed by atoms with E-state index in [0.29, 0.717) is 6.61 Å². The van der Waals surface area contributed by atoms with Gasteiger partial charge in [-0.05, 0) is 50.6 Å². The van der Waals surface area contributed by atoms with Crippen LogP contribution >= 0.6 is 11.5 Å². The van der Waals surface area contributed by atoms with Gasteiger partial charge in [-0.3, -0.25) is 0 Å². The van der Waals surface area contributed by atoms with Crippen LogP contribution in [0.2, 0.25) is 0 Å². The SMILES string of the molecule is CN(C)Cc1cnn(OCCCCNc2nsc3ccccc23)c1. The molecule has 0 amide bonds. The first-order chi connectivity index (χ1) is 11.7. The minimum Gasteiger partial charge on any atom is -0.397 e. The number of rotatable bonds is 9. The lowest BCUT2D eigenvalue weighted by Gasteiger charge is -2.07. The lowest BCUT2D eigenvalue weighted by atomic mass is 10.2. The number of nitrogens with zero attached hydrogens (tertiary/aromatic N) is 4. The molecule has 0 radical (unpaired) electrons. The van der Waals surface area contributed by atoms with Crippen molar-refractivity contribution in [2.45, 2.75) is 19.4 Å². The van der Waals surface area contributed by atoms with E-state index < -0.39 is 0 Å². The number of nitrogens with one attached hydrogen (secondary N) is 1. The van der Waals surface area contributed by atoms with Crippen LogP contribution in [0.5, 0.6) is 0 Å². The Bertz CT molecular complexity index is 767. The molecule has 3 rings (SSSR count). The molecule has 0 unspecified atom stereocenters. The zero-order valence-electron chi connectivity index (χ0n) is 14.1. The number of hydrogen-bond acceptors (Lipinski definition) is 6. The molecule has 0 aliphatic heterocycles. The van der Waals surface area contributed by atoms with Crippen LogP contribution in [-0.2, 0) is 6.54 Å². The molecule has 0 aliphatic carbocycles. The summed E-state index contributed by atoms with van der Waals surface area (Å²) in [6.07, 6.45) is 5.77. The third-order valence-electron chi connectivity index (χ3n) is 3.58. The molecule has 1 aromatic carbocycles. The highest BCUT2D eigenvalue weighted by atomic mass is 32.1. The summed E-state index contributed by atoms with van der Waals surface area (Å²) < 4.78 is 5.69. The highest BCUT2D eigenvalue weighted by Gasteiger charge is 2.04. The van der Waals surface area contributed by atoms with Crippen molar-refractivity contribution in [3.63, 3.8) is 0 Å². The van der Waals surface area contributed by atoms with Crippen LogP contribution in [0, 0.1) is 0 Å². The van der Waals surface area contributed by atoms with Crippen molar-refractivity contribution < 1.29 is 4.84 Å². The first-order valence-electron chi connectivity index (χ1n) is 8.12. The van der Waals surface area contributed by atoms with Crippen molar-refractivity contribution in [2.24, 2.45) is 0 Å². The van der Waals surface area contributed by atoms with Crippen molar-refractivity contribution in [2.75, 3.05) is 32.6 Å². The van der Waals surface area contributed by atoms with E-state index in [1.54, 1.807) is 4.85 Å². The van der Waals surface area contributed by atoms with Gasteiger partial charge >= 0.3 is 0 Å². The van der Waals surface area contributed by atoms with Gasteiger partial charge < -0.3 is 15.1 Å². The minimum atomic E-state index is 0.655. The summed E-state index contributed by atoms with van der Waals surface area (Å²) in [7, 11) is 4.08. The zero-order chi connectivity index (χ0) is 16.8. The van der Waals surface area contributed by atoms with Crippen LogP contribution in [0.3, 0.4) is 0 Å². The molecule has 0 atom stereocenters. The fourth-order valence-corrected chi connectivity index (χ4v) is 3.22. The summed E-state index contributed by atoms with van der Waals surface area (Å²) in [5.41, 5.74) is 1.15. The molecule has 0 saturated carbocycles. The lowest BCUT2D eigenvalue weighted by Crippen LogP contribution is -2.14. The van der Waals surface area contributed by atoms with Gasteiger partial charge in [-0.2, -0.15) is 4.37 Å². The molecule has 0 aliphatic rings. The molecule has 1 N–H and O–H groups in total. The number of anilines is 1. The minimum absolute atomic E-state index is 0.655. The van der Waals surface area contributed by atoms with E-state index in [9.17, 15) is 0 Å². The van der Waals surface area contributed by atoms with Gasteiger partial charge in [0.25, 0.3) is 0 Å². The third kappa shape index (κ3) is 4.46. The maximum absolute atomic E-state index is 5.62. The fraction of sp³-hybridized carbons (Fsp3) is 0.412. The Morgan fingerprint density at radius 1 is 1.25 bits per heavy atom. The smallest absolute Gasteiger partial charge is 0.147 e. The van der Waals surface area contributed by atoms with Crippen LogP contribution in [0.25, 0.3) is 10.1 Å². The number of hydrogen-bond donors (Lipinski definition) is 1. The summed E-state index contributed by atoms with van der Waals surface area (Å²) in [5.74, 6) is 0.983. The number of fused-ring (bicyclic) bond motifs is 1. The molecule has 7 heteroatoms. The van der Waals surface area contributed by atoms with Gasteiger partial charge in [-0.1, -0.05) is 12.1 Å². The van der Waals surface area contributed by atoms with Gasteiger partial charge in [0.2, 0.25) is 0 Å². The zero-order valence-corrected chi connectivity index (χ0v) is 14.9. The van der Waals surface area contributed by atoms with E-state index >= 15 is 0 Å². The summed E-state index contributed by atoms with van der Waals surface area (Å²) >= 11 is 1.53. The molecule has 0 bridgehead atoms. The molecule has 24 heavy (non-hydrogen) atoms. The van der Waals surface area contributed by atoms with Crippen molar-refractivity contribution in [1.29, 1.82) is 0 Å². The molecule has 3 aromatic rings. The van der Waals surface area contributed by atoms with E-state index in [2.05, 4.69) is 31.8 Å². The van der Waals surface area contributed by atoms with Gasteiger partial charge in [0.15, 0.2) is 0 Å². The van der Waals surface area contributed by atoms with Crippen LogP contribution in [0.15, 0.2) is 36.7 Å². The fourth-order valence-electron chi connectivity index (χ4n) is 2.46. The summed E-state index contributed by atoms with van der Waals surface area (Å²) in [6, 6.07) is 8.29. The molecular weight excluding hydrogens is 322 g/mol. The van der Waals surface area contributed by atoms with Crippen molar-refractivity contribution in [1.82, 2.24) is 19.2 Å². The molecule has 2 aromatic heterocycles. The normalized spacial score (nSPS) is 11.3. The van der Waals surface area contributed by atoms with Gasteiger partial charge in [-0.15, -0.1) is 9.94 Å². The van der Waals surface area contributed by atoms with Crippen LogP contribution in [0.4, 0.5) is 5.82 Å². The van der Waals surface area contributed by atoms with Crippen LogP contribution in [-0.4, -0.2) is 46.5 Å².